The van der Waals surface area contributed by atoms with Crippen LogP contribution in [0.2, 0.25) is 0 Å². The van der Waals surface area contributed by atoms with Gasteiger partial charge in [0.1, 0.15) is 5.82 Å². The average molecular weight is 433 g/mol. The van der Waals surface area contributed by atoms with Crippen molar-refractivity contribution in [2.24, 2.45) is 4.99 Å². The van der Waals surface area contributed by atoms with Crippen LogP contribution in [-0.4, -0.2) is 47.1 Å². The second-order valence-corrected chi connectivity index (χ2v) is 7.54. The van der Waals surface area contributed by atoms with E-state index in [1.807, 2.05) is 0 Å². The van der Waals surface area contributed by atoms with Crippen LogP contribution in [0.1, 0.15) is 27.3 Å². The van der Waals surface area contributed by atoms with Gasteiger partial charge >= 0.3 is 0 Å². The number of amides is 2. The number of hydrogen-bond donors (Lipinski definition) is 1. The number of hydrogen-bond acceptors (Lipinski definition) is 5. The van der Waals surface area contributed by atoms with E-state index < -0.39 is 23.8 Å². The fraction of sp³-hybridized carbons (Fsp3) is 0.217. The fourth-order valence-electron chi connectivity index (χ4n) is 3.89. The van der Waals surface area contributed by atoms with Crippen LogP contribution in [0.4, 0.5) is 10.1 Å². The van der Waals surface area contributed by atoms with Crippen molar-refractivity contribution in [1.82, 2.24) is 15.1 Å². The Morgan fingerprint density at radius 2 is 1.91 bits per heavy atom. The molecular weight excluding hydrogens is 413 g/mol. The predicted molar refractivity (Wildman–Crippen MR) is 115 cm³/mol. The van der Waals surface area contributed by atoms with Crippen LogP contribution in [0.25, 0.3) is 0 Å². The molecule has 0 spiro atoms. The standard InChI is InChI=1S/C23H20FN5O3/c1-28-19-9-5-3-7-16(19)20(15-6-2-4-8-17(15)24)25-21(23(28)31)26-22(30)18-12-14-13-32-11-10-29(14)27-18/h2-9,12,21H,10-11,13H2,1H3,(H,26,30). The molecule has 1 N–H and O–H groups in total. The third kappa shape index (κ3) is 3.46. The summed E-state index contributed by atoms with van der Waals surface area (Å²) in [5.41, 5.74) is 2.67. The van der Waals surface area contributed by atoms with Gasteiger partial charge in [0.15, 0.2) is 5.69 Å². The van der Waals surface area contributed by atoms with E-state index in [0.29, 0.717) is 36.7 Å². The Labute approximate surface area is 183 Å². The Morgan fingerprint density at radius 3 is 2.69 bits per heavy atom. The summed E-state index contributed by atoms with van der Waals surface area (Å²) >= 11 is 0. The Kier molecular flexibility index (Phi) is 5.02. The van der Waals surface area contributed by atoms with Gasteiger partial charge in [0.25, 0.3) is 11.8 Å². The average Bonchev–Trinajstić information content (AvgIpc) is 3.22. The van der Waals surface area contributed by atoms with Gasteiger partial charge in [-0.1, -0.05) is 30.3 Å². The lowest BCUT2D eigenvalue weighted by molar-refractivity contribution is -0.119. The van der Waals surface area contributed by atoms with E-state index >= 15 is 0 Å². The number of benzodiazepines with no additional fused rings is 1. The minimum atomic E-state index is -1.25. The number of aliphatic imine (C=N–C) groups is 1. The van der Waals surface area contributed by atoms with Gasteiger partial charge in [-0.25, -0.2) is 9.38 Å². The lowest BCUT2D eigenvalue weighted by Gasteiger charge is -2.20. The molecule has 162 valence electrons. The Hall–Kier alpha value is -3.85. The number of halogens is 1. The zero-order valence-electron chi connectivity index (χ0n) is 17.3. The Balaban J connectivity index is 1.55. The van der Waals surface area contributed by atoms with Gasteiger partial charge in [-0.05, 0) is 24.3 Å². The van der Waals surface area contributed by atoms with Crippen molar-refractivity contribution in [3.8, 4) is 0 Å². The van der Waals surface area contributed by atoms with Crippen LogP contribution < -0.4 is 10.2 Å². The van der Waals surface area contributed by atoms with E-state index in [-0.39, 0.29) is 11.3 Å². The normalized spacial score (nSPS) is 17.8. The summed E-state index contributed by atoms with van der Waals surface area (Å²) in [4.78, 5) is 32.1. The zero-order valence-corrected chi connectivity index (χ0v) is 17.3. The number of aromatic nitrogens is 2. The quantitative estimate of drug-likeness (QED) is 0.685. The molecule has 1 atom stereocenters. The van der Waals surface area contributed by atoms with Crippen LogP contribution in [0.3, 0.4) is 0 Å². The highest BCUT2D eigenvalue weighted by atomic mass is 19.1. The first-order valence-corrected chi connectivity index (χ1v) is 10.2. The number of likely N-dealkylation sites (N-methyl/N-ethyl adjacent to an activating group) is 1. The minimum absolute atomic E-state index is 0.172. The second-order valence-electron chi connectivity index (χ2n) is 7.54. The molecule has 2 aliphatic rings. The van der Waals surface area contributed by atoms with Crippen molar-refractivity contribution in [2.45, 2.75) is 19.3 Å². The molecule has 2 amide bonds. The number of ether oxygens (including phenoxy) is 1. The van der Waals surface area contributed by atoms with Gasteiger partial charge in [-0.2, -0.15) is 5.10 Å². The maximum atomic E-state index is 14.7. The molecule has 3 heterocycles. The van der Waals surface area contributed by atoms with Crippen molar-refractivity contribution >= 4 is 23.2 Å². The maximum absolute atomic E-state index is 14.7. The molecule has 8 nitrogen and oxygen atoms in total. The first-order chi connectivity index (χ1) is 15.5. The summed E-state index contributed by atoms with van der Waals surface area (Å²) in [6, 6.07) is 15.0. The number of nitrogens with one attached hydrogen (secondary N) is 1. The number of benzene rings is 2. The molecule has 0 saturated heterocycles. The summed E-state index contributed by atoms with van der Waals surface area (Å²) in [6.45, 7) is 1.45. The summed E-state index contributed by atoms with van der Waals surface area (Å²) in [7, 11) is 1.60. The molecule has 0 fully saturated rings. The SMILES string of the molecule is CN1C(=O)C(NC(=O)c2cc3n(n2)CCOC3)N=C(c2ccccc2F)c2ccccc21. The van der Waals surface area contributed by atoms with Crippen molar-refractivity contribution in [2.75, 3.05) is 18.6 Å². The zero-order chi connectivity index (χ0) is 22.2. The van der Waals surface area contributed by atoms with E-state index in [4.69, 9.17) is 4.74 Å². The highest BCUT2D eigenvalue weighted by Gasteiger charge is 2.32. The Bertz CT molecular complexity index is 1230. The lowest BCUT2D eigenvalue weighted by Crippen LogP contribution is -2.46. The van der Waals surface area contributed by atoms with Crippen LogP contribution in [0.5, 0.6) is 0 Å². The summed E-state index contributed by atoms with van der Waals surface area (Å²) in [5, 5.41) is 6.97. The number of rotatable bonds is 3. The van der Waals surface area contributed by atoms with E-state index in [0.717, 1.165) is 5.69 Å². The molecule has 3 aromatic rings. The molecule has 9 heteroatoms. The third-order valence-electron chi connectivity index (χ3n) is 5.53. The lowest BCUT2D eigenvalue weighted by atomic mass is 10.00. The Morgan fingerprint density at radius 1 is 1.16 bits per heavy atom. The number of carbonyl (C=O) groups excluding carboxylic acids is 2. The van der Waals surface area contributed by atoms with Gasteiger partial charge < -0.3 is 15.0 Å². The number of carbonyl (C=O) groups is 2. The number of nitrogens with zero attached hydrogens (tertiary/aromatic N) is 4. The fourth-order valence-corrected chi connectivity index (χ4v) is 3.89. The van der Waals surface area contributed by atoms with E-state index in [1.54, 1.807) is 60.3 Å². The molecular formula is C23H20FN5O3. The van der Waals surface area contributed by atoms with Gasteiger partial charge in [-0.3, -0.25) is 14.3 Å². The van der Waals surface area contributed by atoms with E-state index in [2.05, 4.69) is 15.4 Å². The summed E-state index contributed by atoms with van der Waals surface area (Å²) in [6.07, 6.45) is -1.25. The largest absolute Gasteiger partial charge is 0.373 e. The molecule has 32 heavy (non-hydrogen) atoms. The predicted octanol–water partition coefficient (Wildman–Crippen LogP) is 2.12. The van der Waals surface area contributed by atoms with Gasteiger partial charge in [0.2, 0.25) is 6.17 Å². The highest BCUT2D eigenvalue weighted by Crippen LogP contribution is 2.28. The van der Waals surface area contributed by atoms with Crippen molar-refractivity contribution in [1.29, 1.82) is 0 Å². The summed E-state index contributed by atoms with van der Waals surface area (Å²) in [5.74, 6) is -1.45. The molecule has 0 bridgehead atoms. The van der Waals surface area contributed by atoms with Gasteiger partial charge in [0.05, 0.1) is 36.9 Å². The topological polar surface area (TPSA) is 88.8 Å². The van der Waals surface area contributed by atoms with Crippen LogP contribution in [0, 0.1) is 5.82 Å². The molecule has 5 rings (SSSR count). The highest BCUT2D eigenvalue weighted by molar-refractivity contribution is 6.20. The molecule has 0 radical (unpaired) electrons. The first-order valence-electron chi connectivity index (χ1n) is 10.2. The maximum Gasteiger partial charge on any atom is 0.273 e. The molecule has 0 aliphatic carbocycles. The number of para-hydroxylation sites is 1. The molecule has 2 aliphatic heterocycles. The molecule has 2 aromatic carbocycles. The monoisotopic (exact) mass is 433 g/mol. The molecule has 0 saturated carbocycles. The number of anilines is 1. The molecule has 1 unspecified atom stereocenters. The van der Waals surface area contributed by atoms with Crippen LogP contribution in [0.15, 0.2) is 59.6 Å². The van der Waals surface area contributed by atoms with Gasteiger partial charge in [0, 0.05) is 18.2 Å². The minimum Gasteiger partial charge on any atom is -0.373 e. The third-order valence-corrected chi connectivity index (χ3v) is 5.53. The summed E-state index contributed by atoms with van der Waals surface area (Å²) < 4.78 is 21.8. The van der Waals surface area contributed by atoms with E-state index in [9.17, 15) is 14.0 Å². The number of fused-ring (bicyclic) bond motifs is 2. The second kappa shape index (κ2) is 8.01. The van der Waals surface area contributed by atoms with Crippen molar-refractivity contribution < 1.29 is 18.7 Å². The van der Waals surface area contributed by atoms with Crippen molar-refractivity contribution in [3.63, 3.8) is 0 Å². The van der Waals surface area contributed by atoms with Crippen LogP contribution >= 0.6 is 0 Å². The smallest absolute Gasteiger partial charge is 0.273 e. The van der Waals surface area contributed by atoms with Gasteiger partial charge in [-0.15, -0.1) is 0 Å². The van der Waals surface area contributed by atoms with E-state index in [1.165, 1.54) is 11.0 Å². The van der Waals surface area contributed by atoms with Crippen molar-refractivity contribution in [3.05, 3.63) is 82.9 Å². The molecule has 1 aromatic heterocycles. The first kappa shape index (κ1) is 20.1. The van der Waals surface area contributed by atoms with Crippen LogP contribution in [-0.2, 0) is 22.7 Å².